The summed E-state index contributed by atoms with van der Waals surface area (Å²) < 4.78 is 18.8. The molecule has 2 aromatic rings. The lowest BCUT2D eigenvalue weighted by molar-refractivity contribution is -0.223. The Labute approximate surface area is 193 Å². The van der Waals surface area contributed by atoms with Gasteiger partial charge in [-0.3, -0.25) is 10.1 Å². The number of ether oxygens (including phenoxy) is 1. The van der Waals surface area contributed by atoms with Gasteiger partial charge in [-0.15, -0.1) is 0 Å². The van der Waals surface area contributed by atoms with Gasteiger partial charge in [0.05, 0.1) is 5.02 Å². The molecule has 5 nitrogen and oxygen atoms in total. The Balaban J connectivity index is 1.18. The maximum absolute atomic E-state index is 13.5. The van der Waals surface area contributed by atoms with E-state index in [2.05, 4.69) is 41.8 Å². The second kappa shape index (κ2) is 9.38. The Hall–Kier alpha value is -2.15. The van der Waals surface area contributed by atoms with Gasteiger partial charge in [0.25, 0.3) is 5.91 Å². The average Bonchev–Trinajstić information content (AvgIpc) is 2.73. The van der Waals surface area contributed by atoms with Crippen molar-refractivity contribution in [3.63, 3.8) is 0 Å². The smallest absolute Gasteiger partial charge is 0.258 e. The molecule has 32 heavy (non-hydrogen) atoms. The van der Waals surface area contributed by atoms with E-state index in [1.54, 1.807) is 0 Å². The van der Waals surface area contributed by atoms with E-state index in [1.807, 2.05) is 0 Å². The number of aliphatic hydroxyl groups is 1. The van der Waals surface area contributed by atoms with Gasteiger partial charge in [-0.25, -0.2) is 4.39 Å². The minimum Gasteiger partial charge on any atom is -0.484 e. The number of rotatable bonds is 11. The average molecular weight is 461 g/mol. The van der Waals surface area contributed by atoms with Crippen molar-refractivity contribution < 1.29 is 19.0 Å². The van der Waals surface area contributed by atoms with Crippen molar-refractivity contribution in [3.8, 4) is 5.75 Å². The molecule has 0 aliphatic heterocycles. The minimum absolute atomic E-state index is 0.0112. The highest BCUT2D eigenvalue weighted by Gasteiger charge is 2.71. The molecule has 3 aliphatic carbocycles. The maximum atomic E-state index is 13.5. The molecule has 172 valence electrons. The van der Waals surface area contributed by atoms with E-state index in [0.717, 1.165) is 37.3 Å². The first-order valence-electron chi connectivity index (χ1n) is 11.2. The molecule has 3 aliphatic rings. The van der Waals surface area contributed by atoms with E-state index in [-0.39, 0.29) is 34.2 Å². The van der Waals surface area contributed by atoms with Crippen molar-refractivity contribution in [2.45, 2.75) is 63.8 Å². The Morgan fingerprint density at radius 1 is 1.19 bits per heavy atom. The predicted octanol–water partition coefficient (Wildman–Crippen LogP) is 4.35. The summed E-state index contributed by atoms with van der Waals surface area (Å²) in [5.74, 6) is -0.576. The summed E-state index contributed by atoms with van der Waals surface area (Å²) in [5.41, 5.74) is 2.07. The SMILES string of the molecule is CCCCc1ccc(CNC(O)C23CC(NC(=O)COc4ccc(Cl)c(F)c4)(C2)C3)cc1. The van der Waals surface area contributed by atoms with Crippen molar-refractivity contribution in [2.75, 3.05) is 6.61 Å². The molecule has 7 heteroatoms. The van der Waals surface area contributed by atoms with Crippen molar-refractivity contribution in [3.05, 3.63) is 64.4 Å². The molecule has 3 N–H and O–H groups in total. The number of halogens is 2. The van der Waals surface area contributed by atoms with E-state index in [9.17, 15) is 14.3 Å². The van der Waals surface area contributed by atoms with Crippen LogP contribution in [0.15, 0.2) is 42.5 Å². The van der Waals surface area contributed by atoms with Gasteiger partial charge in [-0.05, 0) is 55.4 Å². The van der Waals surface area contributed by atoms with E-state index in [1.165, 1.54) is 30.5 Å². The third-order valence-corrected chi connectivity index (χ3v) is 6.97. The quantitative estimate of drug-likeness (QED) is 0.436. The Morgan fingerprint density at radius 3 is 2.53 bits per heavy atom. The van der Waals surface area contributed by atoms with Crippen LogP contribution in [0.25, 0.3) is 0 Å². The molecule has 2 bridgehead atoms. The van der Waals surface area contributed by atoms with Crippen LogP contribution < -0.4 is 15.4 Å². The fourth-order valence-electron chi connectivity index (χ4n) is 4.97. The fraction of sp³-hybridized carbons (Fsp3) is 0.480. The van der Waals surface area contributed by atoms with Crippen LogP contribution in [-0.4, -0.2) is 29.4 Å². The second-order valence-corrected chi connectivity index (χ2v) is 9.70. The number of carbonyl (C=O) groups excluding carboxylic acids is 1. The maximum Gasteiger partial charge on any atom is 0.258 e. The van der Waals surface area contributed by atoms with Crippen molar-refractivity contribution in [2.24, 2.45) is 5.41 Å². The lowest BCUT2D eigenvalue weighted by atomic mass is 9.38. The number of carbonyl (C=O) groups is 1. The summed E-state index contributed by atoms with van der Waals surface area (Å²) in [6, 6.07) is 12.6. The molecule has 0 saturated heterocycles. The first-order chi connectivity index (χ1) is 15.3. The zero-order valence-corrected chi connectivity index (χ0v) is 19.1. The number of benzene rings is 2. The molecule has 1 atom stereocenters. The fourth-order valence-corrected chi connectivity index (χ4v) is 5.09. The zero-order valence-electron chi connectivity index (χ0n) is 18.3. The van der Waals surface area contributed by atoms with Crippen molar-refractivity contribution >= 4 is 17.5 Å². The second-order valence-electron chi connectivity index (χ2n) is 9.29. The van der Waals surface area contributed by atoms with Gasteiger partial charge in [0.2, 0.25) is 0 Å². The van der Waals surface area contributed by atoms with Crippen LogP contribution in [0.1, 0.15) is 50.2 Å². The van der Waals surface area contributed by atoms with Crippen LogP contribution in [0, 0.1) is 11.2 Å². The summed E-state index contributed by atoms with van der Waals surface area (Å²) in [6.45, 7) is 2.62. The van der Waals surface area contributed by atoms with Crippen molar-refractivity contribution in [1.29, 1.82) is 0 Å². The van der Waals surface area contributed by atoms with Gasteiger partial charge in [0, 0.05) is 23.6 Å². The number of aryl methyl sites for hydroxylation is 1. The summed E-state index contributed by atoms with van der Waals surface area (Å²) in [5, 5.41) is 16.9. The monoisotopic (exact) mass is 460 g/mol. The molecule has 3 saturated carbocycles. The summed E-state index contributed by atoms with van der Waals surface area (Å²) >= 11 is 5.65. The Bertz CT molecular complexity index is 946. The molecular weight excluding hydrogens is 431 g/mol. The molecule has 1 amide bonds. The normalized spacial score (nSPS) is 24.2. The minimum atomic E-state index is -0.602. The lowest BCUT2D eigenvalue weighted by Crippen LogP contribution is -2.79. The summed E-state index contributed by atoms with van der Waals surface area (Å²) in [4.78, 5) is 12.2. The molecule has 0 radical (unpaired) electrons. The van der Waals surface area contributed by atoms with E-state index < -0.39 is 12.0 Å². The number of aliphatic hydroxyl groups excluding tert-OH is 1. The molecule has 0 spiro atoms. The molecule has 1 unspecified atom stereocenters. The first-order valence-corrected chi connectivity index (χ1v) is 11.6. The zero-order chi connectivity index (χ0) is 22.8. The van der Waals surface area contributed by atoms with E-state index in [4.69, 9.17) is 16.3 Å². The van der Waals surface area contributed by atoms with Crippen LogP contribution in [0.3, 0.4) is 0 Å². The largest absolute Gasteiger partial charge is 0.484 e. The van der Waals surface area contributed by atoms with Gasteiger partial charge in [0.15, 0.2) is 6.61 Å². The van der Waals surface area contributed by atoms with E-state index >= 15 is 0 Å². The molecule has 5 rings (SSSR count). The number of unbranched alkanes of at least 4 members (excludes halogenated alkanes) is 1. The highest BCUT2D eigenvalue weighted by Crippen LogP contribution is 2.68. The highest BCUT2D eigenvalue weighted by atomic mass is 35.5. The third-order valence-electron chi connectivity index (χ3n) is 6.66. The highest BCUT2D eigenvalue weighted by molar-refractivity contribution is 6.30. The van der Waals surface area contributed by atoms with Gasteiger partial charge < -0.3 is 15.2 Å². The van der Waals surface area contributed by atoms with Crippen molar-refractivity contribution in [1.82, 2.24) is 10.6 Å². The van der Waals surface area contributed by atoms with Crippen LogP contribution in [-0.2, 0) is 17.8 Å². The predicted molar refractivity (Wildman–Crippen MR) is 122 cm³/mol. The molecule has 3 fully saturated rings. The molecule has 0 aromatic heterocycles. The van der Waals surface area contributed by atoms with Gasteiger partial charge >= 0.3 is 0 Å². The van der Waals surface area contributed by atoms with Crippen LogP contribution >= 0.6 is 11.6 Å². The summed E-state index contributed by atoms with van der Waals surface area (Å²) in [6.07, 6.45) is 5.11. The van der Waals surface area contributed by atoms with Crippen LogP contribution in [0.4, 0.5) is 4.39 Å². The van der Waals surface area contributed by atoms with Crippen LogP contribution in [0.5, 0.6) is 5.75 Å². The third kappa shape index (κ3) is 4.92. The topological polar surface area (TPSA) is 70.6 Å². The Kier molecular flexibility index (Phi) is 6.75. The Morgan fingerprint density at radius 2 is 1.88 bits per heavy atom. The van der Waals surface area contributed by atoms with Crippen LogP contribution in [0.2, 0.25) is 5.02 Å². The van der Waals surface area contributed by atoms with E-state index in [0.29, 0.717) is 6.54 Å². The van der Waals surface area contributed by atoms with Gasteiger partial charge in [0.1, 0.15) is 17.8 Å². The molecule has 2 aromatic carbocycles. The number of nitrogens with one attached hydrogen (secondary N) is 2. The standard InChI is InChI=1S/C25H30ClFN2O3/c1-2-3-4-17-5-7-18(8-6-17)12-28-23(31)24-14-25(15-24,16-24)29-22(30)13-32-19-9-10-20(26)21(27)11-19/h5-11,23,28,31H,2-4,12-16H2,1H3,(H,29,30). The molecule has 0 heterocycles. The van der Waals surface area contributed by atoms with Gasteiger partial charge in [-0.2, -0.15) is 0 Å². The summed E-state index contributed by atoms with van der Waals surface area (Å²) in [7, 11) is 0. The lowest BCUT2D eigenvalue weighted by Gasteiger charge is -2.72. The van der Waals surface area contributed by atoms with Gasteiger partial charge in [-0.1, -0.05) is 49.2 Å². The number of amides is 1. The molecular formula is C25H30ClFN2O3. The first kappa shape index (κ1) is 23.0. The number of hydrogen-bond acceptors (Lipinski definition) is 4. The number of hydrogen-bond donors (Lipinski definition) is 3.